The minimum atomic E-state index is 0.00749. The number of hydrogen-bond acceptors (Lipinski definition) is 3. The smallest absolute Gasteiger partial charge is 0.0643 e. The second-order valence-electron chi connectivity index (χ2n) is 4.21. The summed E-state index contributed by atoms with van der Waals surface area (Å²) in [6.45, 7) is 5.51. The van der Waals surface area contributed by atoms with Crippen molar-refractivity contribution in [2.45, 2.75) is 58.1 Å². The van der Waals surface area contributed by atoms with E-state index in [1.54, 1.807) is 7.11 Å². The third-order valence-electron chi connectivity index (χ3n) is 2.44. The fourth-order valence-corrected chi connectivity index (χ4v) is 1.49. The molecule has 2 unspecified atom stereocenters. The Labute approximate surface area is 94.3 Å². The molecular formula is C12H27NO2. The van der Waals surface area contributed by atoms with Gasteiger partial charge in [-0.2, -0.15) is 0 Å². The van der Waals surface area contributed by atoms with Crippen LogP contribution in [0.2, 0.25) is 0 Å². The van der Waals surface area contributed by atoms with Crippen molar-refractivity contribution in [2.24, 2.45) is 5.73 Å². The molecule has 0 aliphatic carbocycles. The van der Waals surface area contributed by atoms with Crippen molar-refractivity contribution in [2.75, 3.05) is 20.3 Å². The summed E-state index contributed by atoms with van der Waals surface area (Å²) in [4.78, 5) is 0. The van der Waals surface area contributed by atoms with Crippen LogP contribution in [0, 0.1) is 0 Å². The summed E-state index contributed by atoms with van der Waals surface area (Å²) in [5.74, 6) is 0. The van der Waals surface area contributed by atoms with E-state index in [9.17, 15) is 0 Å². The van der Waals surface area contributed by atoms with Crippen molar-refractivity contribution in [3.63, 3.8) is 0 Å². The molecule has 2 atom stereocenters. The Balaban J connectivity index is 3.28. The lowest BCUT2D eigenvalue weighted by atomic mass is 10.1. The molecule has 3 nitrogen and oxygen atoms in total. The van der Waals surface area contributed by atoms with Crippen LogP contribution >= 0.6 is 0 Å². The van der Waals surface area contributed by atoms with Crippen molar-refractivity contribution >= 4 is 0 Å². The van der Waals surface area contributed by atoms with E-state index in [1.165, 1.54) is 25.7 Å². The number of rotatable bonds is 10. The molecule has 0 aromatic carbocycles. The van der Waals surface area contributed by atoms with Gasteiger partial charge in [0.15, 0.2) is 0 Å². The molecule has 0 fully saturated rings. The SMILES string of the molecule is CCCCCCC(C)OCC(N)COC. The van der Waals surface area contributed by atoms with Crippen molar-refractivity contribution < 1.29 is 9.47 Å². The molecule has 0 aliphatic rings. The van der Waals surface area contributed by atoms with E-state index in [0.717, 1.165) is 6.42 Å². The molecule has 0 aromatic heterocycles. The van der Waals surface area contributed by atoms with Crippen LogP contribution in [-0.4, -0.2) is 32.5 Å². The van der Waals surface area contributed by atoms with Gasteiger partial charge in [-0.15, -0.1) is 0 Å². The van der Waals surface area contributed by atoms with Gasteiger partial charge in [-0.25, -0.2) is 0 Å². The standard InChI is InChI=1S/C12H27NO2/c1-4-5-6-7-8-11(2)15-10-12(13)9-14-3/h11-12H,4-10,13H2,1-3H3. The van der Waals surface area contributed by atoms with Crippen molar-refractivity contribution in [3.05, 3.63) is 0 Å². The second kappa shape index (κ2) is 10.4. The summed E-state index contributed by atoms with van der Waals surface area (Å²) in [6, 6.07) is 0.00749. The third-order valence-corrected chi connectivity index (χ3v) is 2.44. The first-order valence-electron chi connectivity index (χ1n) is 6.06. The van der Waals surface area contributed by atoms with E-state index >= 15 is 0 Å². The Morgan fingerprint density at radius 1 is 1.13 bits per heavy atom. The topological polar surface area (TPSA) is 44.5 Å². The van der Waals surface area contributed by atoms with Gasteiger partial charge < -0.3 is 15.2 Å². The average Bonchev–Trinajstić information content (AvgIpc) is 2.22. The first kappa shape index (κ1) is 14.9. The molecule has 0 spiro atoms. The van der Waals surface area contributed by atoms with Gasteiger partial charge in [0.1, 0.15) is 0 Å². The van der Waals surface area contributed by atoms with E-state index < -0.39 is 0 Å². The van der Waals surface area contributed by atoms with Crippen LogP contribution in [0.5, 0.6) is 0 Å². The zero-order valence-corrected chi connectivity index (χ0v) is 10.5. The Morgan fingerprint density at radius 2 is 1.87 bits per heavy atom. The number of methoxy groups -OCH3 is 1. The minimum Gasteiger partial charge on any atom is -0.383 e. The largest absolute Gasteiger partial charge is 0.383 e. The van der Waals surface area contributed by atoms with Crippen LogP contribution in [0.4, 0.5) is 0 Å². The highest BCUT2D eigenvalue weighted by Gasteiger charge is 2.06. The Hall–Kier alpha value is -0.120. The molecule has 0 amide bonds. The first-order valence-corrected chi connectivity index (χ1v) is 6.06. The first-order chi connectivity index (χ1) is 7.20. The predicted molar refractivity (Wildman–Crippen MR) is 64.0 cm³/mol. The van der Waals surface area contributed by atoms with Crippen LogP contribution in [0.15, 0.2) is 0 Å². The molecule has 0 aliphatic heterocycles. The average molecular weight is 217 g/mol. The van der Waals surface area contributed by atoms with Crippen molar-refractivity contribution in [3.8, 4) is 0 Å². The highest BCUT2D eigenvalue weighted by atomic mass is 16.5. The number of hydrogen-bond donors (Lipinski definition) is 1. The minimum absolute atomic E-state index is 0.00749. The molecule has 0 aromatic rings. The fraction of sp³-hybridized carbons (Fsp3) is 1.00. The molecule has 0 saturated carbocycles. The highest BCUT2D eigenvalue weighted by molar-refractivity contribution is 4.60. The molecule has 0 heterocycles. The van der Waals surface area contributed by atoms with Crippen LogP contribution in [0.25, 0.3) is 0 Å². The zero-order valence-electron chi connectivity index (χ0n) is 10.5. The summed E-state index contributed by atoms with van der Waals surface area (Å²) in [6.07, 6.45) is 6.65. The molecule has 0 radical (unpaired) electrons. The molecule has 92 valence electrons. The molecule has 0 rings (SSSR count). The molecule has 2 N–H and O–H groups in total. The Kier molecular flexibility index (Phi) is 10.3. The van der Waals surface area contributed by atoms with E-state index in [-0.39, 0.29) is 6.04 Å². The van der Waals surface area contributed by atoms with Crippen molar-refractivity contribution in [1.82, 2.24) is 0 Å². The van der Waals surface area contributed by atoms with E-state index in [1.807, 2.05) is 0 Å². The maximum Gasteiger partial charge on any atom is 0.0643 e. The van der Waals surface area contributed by atoms with E-state index in [2.05, 4.69) is 13.8 Å². The third kappa shape index (κ3) is 10.2. The maximum atomic E-state index is 5.76. The monoisotopic (exact) mass is 217 g/mol. The van der Waals surface area contributed by atoms with Gasteiger partial charge in [0.2, 0.25) is 0 Å². The van der Waals surface area contributed by atoms with Gasteiger partial charge in [-0.05, 0) is 13.3 Å². The van der Waals surface area contributed by atoms with Crippen LogP contribution in [0.1, 0.15) is 46.0 Å². The lowest BCUT2D eigenvalue weighted by Crippen LogP contribution is -2.32. The van der Waals surface area contributed by atoms with Gasteiger partial charge in [0, 0.05) is 7.11 Å². The predicted octanol–water partition coefficient (Wildman–Crippen LogP) is 2.34. The summed E-state index contributed by atoms with van der Waals surface area (Å²) < 4.78 is 10.6. The lowest BCUT2D eigenvalue weighted by molar-refractivity contribution is 0.0335. The Bertz CT molecular complexity index is 131. The lowest BCUT2D eigenvalue weighted by Gasteiger charge is -2.16. The second-order valence-corrected chi connectivity index (χ2v) is 4.21. The molecule has 0 bridgehead atoms. The van der Waals surface area contributed by atoms with Crippen LogP contribution < -0.4 is 5.73 Å². The zero-order chi connectivity index (χ0) is 11.5. The quantitative estimate of drug-likeness (QED) is 0.571. The van der Waals surface area contributed by atoms with E-state index in [4.69, 9.17) is 15.2 Å². The van der Waals surface area contributed by atoms with Crippen LogP contribution in [-0.2, 0) is 9.47 Å². The van der Waals surface area contributed by atoms with E-state index in [0.29, 0.717) is 19.3 Å². The Morgan fingerprint density at radius 3 is 2.47 bits per heavy atom. The van der Waals surface area contributed by atoms with Crippen molar-refractivity contribution in [1.29, 1.82) is 0 Å². The van der Waals surface area contributed by atoms with Gasteiger partial charge >= 0.3 is 0 Å². The summed E-state index contributed by atoms with van der Waals surface area (Å²) in [7, 11) is 1.66. The van der Waals surface area contributed by atoms with Gasteiger partial charge in [0.05, 0.1) is 25.4 Å². The van der Waals surface area contributed by atoms with Crippen LogP contribution in [0.3, 0.4) is 0 Å². The van der Waals surface area contributed by atoms with Gasteiger partial charge in [-0.3, -0.25) is 0 Å². The summed E-state index contributed by atoms with van der Waals surface area (Å²) >= 11 is 0. The fourth-order valence-electron chi connectivity index (χ4n) is 1.49. The molecule has 3 heteroatoms. The molecule has 0 saturated heterocycles. The summed E-state index contributed by atoms with van der Waals surface area (Å²) in [5, 5.41) is 0. The number of ether oxygens (including phenoxy) is 2. The normalized spacial score (nSPS) is 15.2. The summed E-state index contributed by atoms with van der Waals surface area (Å²) in [5.41, 5.74) is 5.76. The maximum absolute atomic E-state index is 5.76. The highest BCUT2D eigenvalue weighted by Crippen LogP contribution is 2.07. The number of nitrogens with two attached hydrogens (primary N) is 1. The number of unbranched alkanes of at least 4 members (excludes halogenated alkanes) is 3. The molecule has 15 heavy (non-hydrogen) atoms. The molecular weight excluding hydrogens is 190 g/mol. The van der Waals surface area contributed by atoms with Gasteiger partial charge in [0.25, 0.3) is 0 Å². The van der Waals surface area contributed by atoms with Gasteiger partial charge in [-0.1, -0.05) is 32.6 Å².